The monoisotopic (exact) mass is 293 g/mol. The second-order valence-electron chi connectivity index (χ2n) is 4.57. The predicted molar refractivity (Wildman–Crippen MR) is 66.2 cm³/mol. The van der Waals surface area contributed by atoms with Crippen molar-refractivity contribution in [1.29, 1.82) is 0 Å². The highest BCUT2D eigenvalue weighted by Crippen LogP contribution is 2.29. The maximum absolute atomic E-state index is 12.5. The average Bonchev–Trinajstić information content (AvgIpc) is 2.70. The molecule has 5 nitrogen and oxygen atoms in total. The van der Waals surface area contributed by atoms with Crippen molar-refractivity contribution in [3.05, 3.63) is 17.5 Å². The van der Waals surface area contributed by atoms with Crippen LogP contribution in [0.1, 0.15) is 36.5 Å². The van der Waals surface area contributed by atoms with Gasteiger partial charge in [-0.3, -0.25) is 9.48 Å². The molecule has 0 atom stereocenters. The van der Waals surface area contributed by atoms with Gasteiger partial charge in [0.1, 0.15) is 5.69 Å². The topological polar surface area (TPSA) is 56.1 Å². The van der Waals surface area contributed by atoms with Crippen LogP contribution in [0.25, 0.3) is 0 Å². The van der Waals surface area contributed by atoms with Gasteiger partial charge in [0.25, 0.3) is 5.91 Å². The van der Waals surface area contributed by atoms with E-state index in [1.807, 2.05) is 13.8 Å². The maximum Gasteiger partial charge on any atom is 0.433 e. The first-order chi connectivity index (χ1) is 9.21. The van der Waals surface area contributed by atoms with Crippen molar-refractivity contribution < 1.29 is 22.7 Å². The Morgan fingerprint density at radius 3 is 2.65 bits per heavy atom. The number of carbonyl (C=O) groups is 1. The summed E-state index contributed by atoms with van der Waals surface area (Å²) in [7, 11) is 1.15. The summed E-state index contributed by atoms with van der Waals surface area (Å²) in [6.07, 6.45) is -3.83. The zero-order valence-corrected chi connectivity index (χ0v) is 11.6. The van der Waals surface area contributed by atoms with E-state index in [2.05, 4.69) is 10.4 Å². The van der Waals surface area contributed by atoms with Gasteiger partial charge in [0, 0.05) is 26.3 Å². The summed E-state index contributed by atoms with van der Waals surface area (Å²) in [6, 6.07) is 0.736. The minimum atomic E-state index is -4.52. The van der Waals surface area contributed by atoms with Gasteiger partial charge in [-0.05, 0) is 20.3 Å². The van der Waals surface area contributed by atoms with Crippen LogP contribution in [0.5, 0.6) is 0 Å². The Labute approximate surface area is 115 Å². The van der Waals surface area contributed by atoms with Crippen molar-refractivity contribution in [3.63, 3.8) is 0 Å². The van der Waals surface area contributed by atoms with Crippen molar-refractivity contribution in [2.75, 3.05) is 13.2 Å². The lowest BCUT2D eigenvalue weighted by molar-refractivity contribution is -0.143. The average molecular weight is 293 g/mol. The van der Waals surface area contributed by atoms with Gasteiger partial charge in [-0.25, -0.2) is 0 Å². The Balaban J connectivity index is 2.48. The zero-order chi connectivity index (χ0) is 15.3. The van der Waals surface area contributed by atoms with Gasteiger partial charge < -0.3 is 10.1 Å². The fraction of sp³-hybridized carbons (Fsp3) is 0.667. The minimum absolute atomic E-state index is 0.107. The summed E-state index contributed by atoms with van der Waals surface area (Å²) in [5, 5.41) is 6.06. The van der Waals surface area contributed by atoms with Gasteiger partial charge in [-0.15, -0.1) is 0 Å². The molecule has 0 unspecified atom stereocenters. The fourth-order valence-electron chi connectivity index (χ4n) is 1.53. The number of alkyl halides is 3. The van der Waals surface area contributed by atoms with Crippen molar-refractivity contribution >= 4 is 5.91 Å². The van der Waals surface area contributed by atoms with E-state index in [0.717, 1.165) is 13.1 Å². The molecule has 1 heterocycles. The third-order valence-corrected chi connectivity index (χ3v) is 2.46. The van der Waals surface area contributed by atoms with E-state index in [1.165, 1.54) is 0 Å². The Bertz CT molecular complexity index is 455. The molecule has 0 fully saturated rings. The number of hydrogen-bond acceptors (Lipinski definition) is 3. The standard InChI is InChI=1S/C12H18F3N3O2/c1-8(2)20-6-4-5-16-11(19)9-7-10(12(13,14)15)18(3)17-9/h7-8H,4-6H2,1-3H3,(H,16,19). The molecule has 0 aliphatic heterocycles. The third kappa shape index (κ3) is 4.84. The Morgan fingerprint density at radius 2 is 2.15 bits per heavy atom. The van der Waals surface area contributed by atoms with Crippen LogP contribution in [0.4, 0.5) is 13.2 Å². The minimum Gasteiger partial charge on any atom is -0.379 e. The largest absolute Gasteiger partial charge is 0.433 e. The second kappa shape index (κ2) is 6.74. The van der Waals surface area contributed by atoms with Crippen molar-refractivity contribution in [2.24, 2.45) is 7.05 Å². The number of nitrogens with one attached hydrogen (secondary N) is 1. The van der Waals surface area contributed by atoms with E-state index in [4.69, 9.17) is 4.74 Å². The highest BCUT2D eigenvalue weighted by atomic mass is 19.4. The van der Waals surface area contributed by atoms with Crippen LogP contribution >= 0.6 is 0 Å². The smallest absolute Gasteiger partial charge is 0.379 e. The number of carbonyl (C=O) groups excluding carboxylic acids is 1. The molecule has 20 heavy (non-hydrogen) atoms. The summed E-state index contributed by atoms with van der Waals surface area (Å²) in [5.41, 5.74) is -1.20. The zero-order valence-electron chi connectivity index (χ0n) is 11.6. The van der Waals surface area contributed by atoms with E-state index >= 15 is 0 Å². The van der Waals surface area contributed by atoms with Crippen molar-refractivity contribution in [3.8, 4) is 0 Å². The lowest BCUT2D eigenvalue weighted by atomic mass is 10.3. The van der Waals surface area contributed by atoms with Crippen LogP contribution in [-0.2, 0) is 18.0 Å². The first-order valence-electron chi connectivity index (χ1n) is 6.23. The molecule has 1 amide bonds. The lowest BCUT2D eigenvalue weighted by Crippen LogP contribution is -2.26. The maximum atomic E-state index is 12.5. The van der Waals surface area contributed by atoms with Crippen LogP contribution in [0, 0.1) is 0 Å². The molecule has 0 saturated heterocycles. The Kier molecular flexibility index (Phi) is 5.55. The number of nitrogens with zero attached hydrogens (tertiary/aromatic N) is 2. The SMILES string of the molecule is CC(C)OCCCNC(=O)c1cc(C(F)(F)F)n(C)n1. The molecule has 0 aliphatic carbocycles. The normalized spacial score (nSPS) is 11.9. The molecule has 0 bridgehead atoms. The fourth-order valence-corrected chi connectivity index (χ4v) is 1.53. The number of rotatable bonds is 6. The van der Waals surface area contributed by atoms with Gasteiger partial charge in [0.05, 0.1) is 6.10 Å². The summed E-state index contributed by atoms with van der Waals surface area (Å²) in [5.74, 6) is -0.624. The molecule has 0 radical (unpaired) electrons. The number of hydrogen-bond donors (Lipinski definition) is 1. The van der Waals surface area contributed by atoms with Gasteiger partial charge in [-0.1, -0.05) is 0 Å². The third-order valence-electron chi connectivity index (χ3n) is 2.46. The first-order valence-corrected chi connectivity index (χ1v) is 6.23. The van der Waals surface area contributed by atoms with Crippen LogP contribution in [0.3, 0.4) is 0 Å². The number of halogens is 3. The molecule has 1 aromatic heterocycles. The molecule has 0 aliphatic rings. The Hall–Kier alpha value is -1.57. The Morgan fingerprint density at radius 1 is 1.50 bits per heavy atom. The summed E-state index contributed by atoms with van der Waals surface area (Å²) < 4.78 is 43.6. The van der Waals surface area contributed by atoms with Gasteiger partial charge >= 0.3 is 6.18 Å². The van der Waals surface area contributed by atoms with E-state index in [0.29, 0.717) is 24.3 Å². The van der Waals surface area contributed by atoms with E-state index in [1.54, 1.807) is 0 Å². The summed E-state index contributed by atoms with van der Waals surface area (Å²) in [6.45, 7) is 4.59. The number of amides is 1. The summed E-state index contributed by atoms with van der Waals surface area (Å²) in [4.78, 5) is 11.6. The molecule has 8 heteroatoms. The molecule has 0 aromatic carbocycles. The van der Waals surface area contributed by atoms with E-state index in [9.17, 15) is 18.0 Å². The molecule has 1 rings (SSSR count). The molecule has 1 aromatic rings. The quantitative estimate of drug-likeness (QED) is 0.816. The van der Waals surface area contributed by atoms with Crippen LogP contribution in [0.2, 0.25) is 0 Å². The number of aromatic nitrogens is 2. The summed E-state index contributed by atoms with van der Waals surface area (Å²) >= 11 is 0. The van der Waals surface area contributed by atoms with E-state index < -0.39 is 17.8 Å². The van der Waals surface area contributed by atoms with Gasteiger partial charge in [0.2, 0.25) is 0 Å². The second-order valence-corrected chi connectivity index (χ2v) is 4.57. The predicted octanol–water partition coefficient (Wildman–Crippen LogP) is 1.98. The number of ether oxygens (including phenoxy) is 1. The van der Waals surface area contributed by atoms with Gasteiger partial charge in [0.15, 0.2) is 5.69 Å². The number of aryl methyl sites for hydroxylation is 1. The molecule has 1 N–H and O–H groups in total. The first kappa shape index (κ1) is 16.5. The molecular formula is C12H18F3N3O2. The molecule has 114 valence electrons. The van der Waals surface area contributed by atoms with Crippen LogP contribution in [-0.4, -0.2) is 34.9 Å². The van der Waals surface area contributed by atoms with Crippen LogP contribution < -0.4 is 5.32 Å². The lowest BCUT2D eigenvalue weighted by Gasteiger charge is -2.07. The highest BCUT2D eigenvalue weighted by molar-refractivity contribution is 5.92. The molecule has 0 saturated carbocycles. The van der Waals surface area contributed by atoms with Crippen LogP contribution in [0.15, 0.2) is 6.07 Å². The molecule has 0 spiro atoms. The van der Waals surface area contributed by atoms with Crippen molar-refractivity contribution in [2.45, 2.75) is 32.5 Å². The van der Waals surface area contributed by atoms with E-state index in [-0.39, 0.29) is 11.8 Å². The van der Waals surface area contributed by atoms with Gasteiger partial charge in [-0.2, -0.15) is 18.3 Å². The van der Waals surface area contributed by atoms with Crippen molar-refractivity contribution in [1.82, 2.24) is 15.1 Å². The highest BCUT2D eigenvalue weighted by Gasteiger charge is 2.35. The molecular weight excluding hydrogens is 275 g/mol.